The number of aromatic nitrogens is 2. The quantitative estimate of drug-likeness (QED) is 0.710. The standard InChI is InChI=1S/C14H20N4O2/c1-10(9-15-2)13(19)16-7-8-18-12-6-4-3-5-11(12)17-14(18)20/h3-6,10,15H,7-9H2,1-2H3,(H,16,19)(H,17,20). The summed E-state index contributed by atoms with van der Waals surface area (Å²) in [5.41, 5.74) is 1.52. The Morgan fingerprint density at radius 2 is 2.15 bits per heavy atom. The first-order chi connectivity index (χ1) is 9.63. The molecule has 108 valence electrons. The summed E-state index contributed by atoms with van der Waals surface area (Å²) in [5, 5.41) is 5.81. The Hall–Kier alpha value is -2.08. The Balaban J connectivity index is 1.98. The average Bonchev–Trinajstić information content (AvgIpc) is 2.75. The molecule has 1 aromatic heterocycles. The third-order valence-electron chi connectivity index (χ3n) is 3.27. The lowest BCUT2D eigenvalue weighted by atomic mass is 10.1. The number of fused-ring (bicyclic) bond motifs is 1. The van der Waals surface area contributed by atoms with E-state index >= 15 is 0 Å². The SMILES string of the molecule is CNCC(C)C(=O)NCCn1c(=O)[nH]c2ccccc21. The van der Waals surface area contributed by atoms with E-state index < -0.39 is 0 Å². The summed E-state index contributed by atoms with van der Waals surface area (Å²) in [4.78, 5) is 26.4. The first-order valence-electron chi connectivity index (χ1n) is 6.73. The second kappa shape index (κ2) is 6.38. The van der Waals surface area contributed by atoms with Crippen molar-refractivity contribution in [2.45, 2.75) is 13.5 Å². The van der Waals surface area contributed by atoms with Crippen LogP contribution in [0.4, 0.5) is 0 Å². The monoisotopic (exact) mass is 276 g/mol. The number of para-hydroxylation sites is 2. The molecular formula is C14H20N4O2. The molecule has 3 N–H and O–H groups in total. The number of imidazole rings is 1. The molecule has 0 aliphatic heterocycles. The molecule has 0 radical (unpaired) electrons. The topological polar surface area (TPSA) is 78.9 Å². The first-order valence-corrected chi connectivity index (χ1v) is 6.73. The molecule has 0 saturated heterocycles. The Labute approximate surface area is 117 Å². The minimum absolute atomic E-state index is 0.00718. The van der Waals surface area contributed by atoms with Gasteiger partial charge >= 0.3 is 5.69 Å². The number of carbonyl (C=O) groups is 1. The van der Waals surface area contributed by atoms with Crippen molar-refractivity contribution < 1.29 is 4.79 Å². The van der Waals surface area contributed by atoms with Gasteiger partial charge in [-0.3, -0.25) is 9.36 Å². The predicted molar refractivity (Wildman–Crippen MR) is 78.7 cm³/mol. The van der Waals surface area contributed by atoms with Crippen LogP contribution in [0.25, 0.3) is 11.0 Å². The summed E-state index contributed by atoms with van der Waals surface area (Å²) in [6.45, 7) is 3.40. The van der Waals surface area contributed by atoms with Crippen LogP contribution in [0.2, 0.25) is 0 Å². The lowest BCUT2D eigenvalue weighted by Crippen LogP contribution is -2.36. The van der Waals surface area contributed by atoms with Gasteiger partial charge in [0.05, 0.1) is 11.0 Å². The number of nitrogens with one attached hydrogen (secondary N) is 3. The number of nitrogens with zero attached hydrogens (tertiary/aromatic N) is 1. The van der Waals surface area contributed by atoms with Crippen molar-refractivity contribution in [2.24, 2.45) is 5.92 Å². The summed E-state index contributed by atoms with van der Waals surface area (Å²) in [7, 11) is 1.81. The van der Waals surface area contributed by atoms with Gasteiger partial charge < -0.3 is 15.6 Å². The van der Waals surface area contributed by atoms with Gasteiger partial charge in [-0.1, -0.05) is 19.1 Å². The van der Waals surface area contributed by atoms with Crippen LogP contribution in [0.15, 0.2) is 29.1 Å². The molecule has 1 aromatic carbocycles. The Morgan fingerprint density at radius 3 is 2.90 bits per heavy atom. The third-order valence-corrected chi connectivity index (χ3v) is 3.27. The van der Waals surface area contributed by atoms with Crippen LogP contribution in [-0.2, 0) is 11.3 Å². The predicted octanol–water partition coefficient (Wildman–Crippen LogP) is 0.301. The molecule has 2 aromatic rings. The summed E-state index contributed by atoms with van der Waals surface area (Å²) in [5.74, 6) is -0.0908. The molecule has 0 aliphatic rings. The van der Waals surface area contributed by atoms with Crippen LogP contribution in [0, 0.1) is 5.92 Å². The average molecular weight is 276 g/mol. The molecule has 1 heterocycles. The zero-order chi connectivity index (χ0) is 14.5. The van der Waals surface area contributed by atoms with Gasteiger partial charge in [0.15, 0.2) is 0 Å². The summed E-state index contributed by atoms with van der Waals surface area (Å²) < 4.78 is 1.64. The molecule has 6 heteroatoms. The number of benzene rings is 1. The van der Waals surface area contributed by atoms with Crippen molar-refractivity contribution >= 4 is 16.9 Å². The molecule has 2 rings (SSSR count). The third kappa shape index (κ3) is 3.08. The van der Waals surface area contributed by atoms with Gasteiger partial charge in [0, 0.05) is 25.6 Å². The highest BCUT2D eigenvalue weighted by molar-refractivity contribution is 5.78. The van der Waals surface area contributed by atoms with Gasteiger partial charge in [-0.05, 0) is 19.2 Å². The molecule has 0 bridgehead atoms. The molecule has 1 unspecified atom stereocenters. The van der Waals surface area contributed by atoms with E-state index in [4.69, 9.17) is 0 Å². The van der Waals surface area contributed by atoms with Crippen LogP contribution in [-0.4, -0.2) is 35.6 Å². The fraction of sp³-hybridized carbons (Fsp3) is 0.429. The van der Waals surface area contributed by atoms with Gasteiger partial charge in [0.25, 0.3) is 0 Å². The number of aromatic amines is 1. The molecule has 0 saturated carbocycles. The van der Waals surface area contributed by atoms with Crippen molar-refractivity contribution in [1.82, 2.24) is 20.2 Å². The van der Waals surface area contributed by atoms with Crippen LogP contribution in [0.1, 0.15) is 6.92 Å². The van der Waals surface area contributed by atoms with Crippen molar-refractivity contribution in [1.29, 1.82) is 0 Å². The molecule has 0 spiro atoms. The molecule has 0 fully saturated rings. The number of hydrogen-bond acceptors (Lipinski definition) is 3. The summed E-state index contributed by atoms with van der Waals surface area (Å²) in [6.07, 6.45) is 0. The van der Waals surface area contributed by atoms with E-state index in [2.05, 4.69) is 15.6 Å². The van der Waals surface area contributed by atoms with E-state index in [0.29, 0.717) is 19.6 Å². The summed E-state index contributed by atoms with van der Waals surface area (Å²) >= 11 is 0. The molecule has 1 atom stereocenters. The van der Waals surface area contributed by atoms with Crippen molar-refractivity contribution in [3.05, 3.63) is 34.7 Å². The van der Waals surface area contributed by atoms with Crippen LogP contribution in [0.3, 0.4) is 0 Å². The Kier molecular flexibility index (Phi) is 4.57. The number of H-pyrrole nitrogens is 1. The number of amides is 1. The minimum atomic E-state index is -0.149. The second-order valence-electron chi connectivity index (χ2n) is 4.85. The van der Waals surface area contributed by atoms with Gasteiger partial charge in [0.2, 0.25) is 5.91 Å². The number of rotatable bonds is 6. The molecule has 20 heavy (non-hydrogen) atoms. The minimum Gasteiger partial charge on any atom is -0.354 e. The lowest BCUT2D eigenvalue weighted by Gasteiger charge is -2.11. The second-order valence-corrected chi connectivity index (χ2v) is 4.85. The fourth-order valence-corrected chi connectivity index (χ4v) is 2.19. The van der Waals surface area contributed by atoms with Gasteiger partial charge in [0.1, 0.15) is 0 Å². The largest absolute Gasteiger partial charge is 0.354 e. The number of hydrogen-bond donors (Lipinski definition) is 3. The Bertz CT molecular complexity index is 644. The maximum Gasteiger partial charge on any atom is 0.326 e. The fourth-order valence-electron chi connectivity index (χ4n) is 2.19. The van der Waals surface area contributed by atoms with E-state index in [1.165, 1.54) is 0 Å². The van der Waals surface area contributed by atoms with E-state index in [1.54, 1.807) is 4.57 Å². The van der Waals surface area contributed by atoms with E-state index in [1.807, 2.05) is 38.2 Å². The van der Waals surface area contributed by atoms with Crippen LogP contribution < -0.4 is 16.3 Å². The molecular weight excluding hydrogens is 256 g/mol. The highest BCUT2D eigenvalue weighted by atomic mass is 16.2. The van der Waals surface area contributed by atoms with Crippen molar-refractivity contribution in [3.8, 4) is 0 Å². The normalized spacial score (nSPS) is 12.5. The lowest BCUT2D eigenvalue weighted by molar-refractivity contribution is -0.124. The van der Waals surface area contributed by atoms with E-state index in [-0.39, 0.29) is 17.5 Å². The molecule has 0 aliphatic carbocycles. The zero-order valence-corrected chi connectivity index (χ0v) is 11.8. The van der Waals surface area contributed by atoms with Crippen molar-refractivity contribution in [2.75, 3.05) is 20.1 Å². The maximum atomic E-state index is 11.8. The Morgan fingerprint density at radius 1 is 1.40 bits per heavy atom. The van der Waals surface area contributed by atoms with Crippen LogP contribution >= 0.6 is 0 Å². The molecule has 1 amide bonds. The van der Waals surface area contributed by atoms with Crippen LogP contribution in [0.5, 0.6) is 0 Å². The van der Waals surface area contributed by atoms with Gasteiger partial charge in [-0.2, -0.15) is 0 Å². The van der Waals surface area contributed by atoms with E-state index in [9.17, 15) is 9.59 Å². The van der Waals surface area contributed by atoms with Gasteiger partial charge in [-0.15, -0.1) is 0 Å². The smallest absolute Gasteiger partial charge is 0.326 e. The van der Waals surface area contributed by atoms with E-state index in [0.717, 1.165) is 11.0 Å². The number of carbonyl (C=O) groups excluding carboxylic acids is 1. The van der Waals surface area contributed by atoms with Crippen molar-refractivity contribution in [3.63, 3.8) is 0 Å². The van der Waals surface area contributed by atoms with Gasteiger partial charge in [-0.25, -0.2) is 4.79 Å². The summed E-state index contributed by atoms with van der Waals surface area (Å²) in [6, 6.07) is 7.52. The first kappa shape index (κ1) is 14.3. The zero-order valence-electron chi connectivity index (χ0n) is 11.8. The highest BCUT2D eigenvalue weighted by Gasteiger charge is 2.11. The highest BCUT2D eigenvalue weighted by Crippen LogP contribution is 2.08. The molecule has 6 nitrogen and oxygen atoms in total. The maximum absolute atomic E-state index is 11.8.